The molecule has 4 aromatic rings. The van der Waals surface area contributed by atoms with Gasteiger partial charge in [-0.3, -0.25) is 9.36 Å². The van der Waals surface area contributed by atoms with Crippen LogP contribution in [0, 0.1) is 0 Å². The minimum absolute atomic E-state index is 0.0503. The number of alkyl halides is 1. The highest BCUT2D eigenvalue weighted by atomic mass is 32.7. The lowest BCUT2D eigenvalue weighted by Crippen LogP contribution is -2.31. The van der Waals surface area contributed by atoms with Gasteiger partial charge in [-0.05, 0) is 18.6 Å². The molecule has 8 atom stereocenters. The number of nitrogens with one attached hydrogen (secondary N) is 1. The third-order valence-electron chi connectivity index (χ3n) is 6.96. The highest BCUT2D eigenvalue weighted by Crippen LogP contribution is 2.63. The lowest BCUT2D eigenvalue weighted by Gasteiger charge is -2.25. The van der Waals surface area contributed by atoms with Crippen molar-refractivity contribution >= 4 is 46.7 Å². The highest BCUT2D eigenvalue weighted by molar-refractivity contribution is 8.46. The van der Waals surface area contributed by atoms with Crippen molar-refractivity contribution in [1.29, 1.82) is 0 Å². The summed E-state index contributed by atoms with van der Waals surface area (Å²) in [6.07, 6.45) is -3.40. The molecule has 0 saturated carbocycles. The predicted molar refractivity (Wildman–Crippen MR) is 137 cm³/mol. The van der Waals surface area contributed by atoms with Gasteiger partial charge in [0.1, 0.15) is 30.0 Å². The summed E-state index contributed by atoms with van der Waals surface area (Å²) in [4.78, 5) is 22.6. The zero-order valence-corrected chi connectivity index (χ0v) is 21.8. The number of pyridine rings is 1. The number of fused-ring (bicyclic) bond motifs is 2. The van der Waals surface area contributed by atoms with Crippen LogP contribution in [-0.4, -0.2) is 88.1 Å². The smallest absolute Gasteiger partial charge is 0.278 e. The number of hydrogen-bond donors (Lipinski definition) is 5. The van der Waals surface area contributed by atoms with E-state index in [0.29, 0.717) is 16.6 Å². The molecule has 6 heterocycles. The molecule has 2 aliphatic rings. The molecule has 1 unspecified atom stereocenters. The molecule has 0 aromatic carbocycles. The molecule has 2 aliphatic heterocycles. The van der Waals surface area contributed by atoms with Gasteiger partial charge in [-0.2, -0.15) is 0 Å². The van der Waals surface area contributed by atoms with Gasteiger partial charge in [0, 0.05) is 12.4 Å². The topological polar surface area (TPSA) is 206 Å². The van der Waals surface area contributed by atoms with E-state index in [0.717, 1.165) is 0 Å². The van der Waals surface area contributed by atoms with Gasteiger partial charge in [-0.15, -0.1) is 5.10 Å². The summed E-state index contributed by atoms with van der Waals surface area (Å²) in [5, 5.41) is 28.6. The minimum atomic E-state index is -3.88. The second kappa shape index (κ2) is 9.92. The number of rotatable bonds is 7. The molecule has 0 bridgehead atoms. The quantitative estimate of drug-likeness (QED) is 0.149. The molecule has 18 heteroatoms. The number of nitrogens with zero attached hydrogens (tertiary/aromatic N) is 6. The fourth-order valence-electron chi connectivity index (χ4n) is 4.97. The van der Waals surface area contributed by atoms with Crippen LogP contribution in [-0.2, 0) is 18.6 Å². The highest BCUT2D eigenvalue weighted by Gasteiger charge is 2.50. The zero-order chi connectivity index (χ0) is 27.5. The summed E-state index contributed by atoms with van der Waals surface area (Å²) >= 11 is 4.31. The van der Waals surface area contributed by atoms with Crippen LogP contribution in [0.2, 0.25) is 0 Å². The molecule has 15 nitrogen and oxygen atoms in total. The van der Waals surface area contributed by atoms with E-state index in [1.165, 1.54) is 28.0 Å². The van der Waals surface area contributed by atoms with E-state index < -0.39 is 61.3 Å². The van der Waals surface area contributed by atoms with E-state index in [1.54, 1.807) is 12.1 Å². The van der Waals surface area contributed by atoms with Crippen LogP contribution in [0.15, 0.2) is 35.6 Å². The summed E-state index contributed by atoms with van der Waals surface area (Å²) in [5.74, 6) is 0.211. The maximum atomic E-state index is 15.2. The van der Waals surface area contributed by atoms with Crippen LogP contribution in [0.1, 0.15) is 18.9 Å². The van der Waals surface area contributed by atoms with Gasteiger partial charge in [0.25, 0.3) is 12.1 Å². The van der Waals surface area contributed by atoms with Crippen LogP contribution in [0.4, 0.5) is 10.2 Å². The number of aromatic nitrogens is 7. The minimum Gasteiger partial charge on any atom is -0.394 e. The molecule has 0 radical (unpaired) electrons. The van der Waals surface area contributed by atoms with E-state index in [2.05, 4.69) is 37.5 Å². The van der Waals surface area contributed by atoms with Crippen molar-refractivity contribution in [2.24, 2.45) is 0 Å². The van der Waals surface area contributed by atoms with Gasteiger partial charge in [0.05, 0.1) is 35.9 Å². The van der Waals surface area contributed by atoms with Gasteiger partial charge in [-0.25, -0.2) is 19.0 Å². The molecule has 0 aliphatic carbocycles. The molecule has 2 fully saturated rings. The molecule has 0 amide bonds. The lowest BCUT2D eigenvalue weighted by molar-refractivity contribution is -0.0416. The normalized spacial score (nSPS) is 30.8. The number of aliphatic hydroxyl groups is 2. The molecular formula is C21H24FN8O7PS. The average molecular weight is 583 g/mol. The summed E-state index contributed by atoms with van der Waals surface area (Å²) < 4.78 is 48.9. The van der Waals surface area contributed by atoms with E-state index >= 15 is 4.39 Å². The van der Waals surface area contributed by atoms with Crippen molar-refractivity contribution in [1.82, 2.24) is 34.5 Å². The number of anilines is 1. The summed E-state index contributed by atoms with van der Waals surface area (Å²) in [6, 6.07) is 3.17. The molecule has 2 saturated heterocycles. The SMILES string of the molecule is Nc1ncnc2c1ccn2[C@@H]1O[C@H](COP(=O)(S)[C@@H]2C[C@@H](CO)O[C@H]2n2nnc3c(=O)[nH]ccc32)[C@@H](O)[C@@H]1F. The number of aliphatic hydroxyl groups excluding tert-OH is 2. The summed E-state index contributed by atoms with van der Waals surface area (Å²) in [6.45, 7) is -4.71. The second-order valence-electron chi connectivity index (χ2n) is 9.29. The molecule has 0 spiro atoms. The first-order chi connectivity index (χ1) is 18.7. The summed E-state index contributed by atoms with van der Waals surface area (Å²) in [5.41, 5.74) is 5.16. The number of thiol groups is 1. The van der Waals surface area contributed by atoms with E-state index in [9.17, 15) is 19.6 Å². The molecule has 4 aromatic heterocycles. The van der Waals surface area contributed by atoms with Crippen molar-refractivity contribution in [2.45, 2.75) is 49.0 Å². The predicted octanol–water partition coefficient (Wildman–Crippen LogP) is 0.531. The number of nitrogen functional groups attached to an aromatic ring is 1. The summed E-state index contributed by atoms with van der Waals surface area (Å²) in [7, 11) is 0. The van der Waals surface area contributed by atoms with Crippen molar-refractivity contribution in [3.8, 4) is 0 Å². The number of H-pyrrole nitrogens is 1. The molecule has 6 rings (SSSR count). The van der Waals surface area contributed by atoms with E-state index in [-0.39, 0.29) is 24.4 Å². The average Bonchev–Trinajstić information content (AvgIpc) is 3.69. The van der Waals surface area contributed by atoms with E-state index in [4.69, 9.17) is 19.7 Å². The maximum absolute atomic E-state index is 15.2. The standard InChI is InChI=1S/C21H24FN8O7PS/c22-14-16(32)12(37-21(14)29-4-2-10-17(23)25-8-26-18(10)29)7-35-38(34,39)13-5-9(6-31)36-20(13)30-11-1-3-24-19(33)15(11)27-28-30/h1-4,8-9,12-14,16,20-21,31-32H,5-7H2,(H,24,33)(H,34,39)(H2,23,25,26)/t9-,12+,13+,14-,16+,20+,21+,38?/m0/s1. The third kappa shape index (κ3) is 4.43. The van der Waals surface area contributed by atoms with Crippen LogP contribution in [0.5, 0.6) is 0 Å². The molecule has 5 N–H and O–H groups in total. The second-order valence-corrected chi connectivity index (χ2v) is 13.0. The molecule has 208 valence electrons. The largest absolute Gasteiger partial charge is 0.394 e. The van der Waals surface area contributed by atoms with Crippen molar-refractivity contribution in [3.63, 3.8) is 0 Å². The Morgan fingerprint density at radius 2 is 2.13 bits per heavy atom. The Kier molecular flexibility index (Phi) is 6.69. The fourth-order valence-corrected chi connectivity index (χ4v) is 7.37. The molecule has 39 heavy (non-hydrogen) atoms. The molecular weight excluding hydrogens is 558 g/mol. The van der Waals surface area contributed by atoms with Crippen LogP contribution in [0.25, 0.3) is 22.1 Å². The van der Waals surface area contributed by atoms with Crippen LogP contribution in [0.3, 0.4) is 0 Å². The fraction of sp³-hybridized carbons (Fsp3) is 0.476. The van der Waals surface area contributed by atoms with Crippen molar-refractivity contribution < 1.29 is 33.2 Å². The lowest BCUT2D eigenvalue weighted by atomic mass is 10.1. The maximum Gasteiger partial charge on any atom is 0.278 e. The van der Waals surface area contributed by atoms with Crippen molar-refractivity contribution in [2.75, 3.05) is 18.9 Å². The Bertz CT molecular complexity index is 1630. The zero-order valence-electron chi connectivity index (χ0n) is 20.0. The number of ether oxygens (including phenoxy) is 2. The number of hydrogen-bond acceptors (Lipinski definition) is 12. The number of halogens is 1. The van der Waals surface area contributed by atoms with Gasteiger partial charge in [0.15, 0.2) is 24.1 Å². The Labute approximate surface area is 223 Å². The Balaban J connectivity index is 1.21. The van der Waals surface area contributed by atoms with Gasteiger partial charge < -0.3 is 39.5 Å². The van der Waals surface area contributed by atoms with E-state index in [1.807, 2.05) is 0 Å². The van der Waals surface area contributed by atoms with Gasteiger partial charge in [-0.1, -0.05) is 17.5 Å². The van der Waals surface area contributed by atoms with Gasteiger partial charge >= 0.3 is 0 Å². The Morgan fingerprint density at radius 3 is 2.92 bits per heavy atom. The first kappa shape index (κ1) is 26.3. The van der Waals surface area contributed by atoms with Gasteiger partial charge in [0.2, 0.25) is 0 Å². The first-order valence-electron chi connectivity index (χ1n) is 11.9. The first-order valence-corrected chi connectivity index (χ1v) is 14.7. The van der Waals surface area contributed by atoms with Crippen LogP contribution < -0.4 is 11.3 Å². The monoisotopic (exact) mass is 582 g/mol. The number of nitrogens with two attached hydrogens (primary N) is 1. The third-order valence-corrected chi connectivity index (χ3v) is 10.0. The van der Waals surface area contributed by atoms with Crippen molar-refractivity contribution in [3.05, 3.63) is 41.2 Å². The Morgan fingerprint density at radius 1 is 1.31 bits per heavy atom. The Hall–Kier alpha value is -2.92. The van der Waals surface area contributed by atoms with Crippen LogP contribution >= 0.6 is 18.8 Å². The number of aromatic amines is 1.